The second-order valence-corrected chi connectivity index (χ2v) is 9.75. The maximum absolute atomic E-state index is 13.2. The topological polar surface area (TPSA) is 35.6 Å². The van der Waals surface area contributed by atoms with Crippen LogP contribution in [0.15, 0.2) is 29.8 Å². The molecule has 1 aliphatic carbocycles. The Morgan fingerprint density at radius 1 is 1.17 bits per heavy atom. The Hall–Kier alpha value is -1.81. The molecule has 0 bridgehead atoms. The molecule has 158 valence electrons. The van der Waals surface area contributed by atoms with Crippen molar-refractivity contribution in [2.75, 3.05) is 31.1 Å². The van der Waals surface area contributed by atoms with Crippen molar-refractivity contribution in [3.63, 3.8) is 0 Å². The smallest absolute Gasteiger partial charge is 0.322 e. The molecule has 0 atom stereocenters. The van der Waals surface area contributed by atoms with Crippen LogP contribution in [0.25, 0.3) is 0 Å². The zero-order valence-corrected chi connectivity index (χ0v) is 18.5. The van der Waals surface area contributed by atoms with Crippen molar-refractivity contribution in [1.29, 1.82) is 0 Å². The van der Waals surface area contributed by atoms with E-state index >= 15 is 0 Å². The third-order valence-corrected chi connectivity index (χ3v) is 7.22. The predicted molar refractivity (Wildman–Crippen MR) is 121 cm³/mol. The third kappa shape index (κ3) is 4.37. The highest BCUT2D eigenvalue weighted by Crippen LogP contribution is 2.47. The summed E-state index contributed by atoms with van der Waals surface area (Å²) in [7, 11) is 0. The summed E-state index contributed by atoms with van der Waals surface area (Å²) in [5.74, 6) is 0. The van der Waals surface area contributed by atoms with E-state index in [9.17, 15) is 4.79 Å². The van der Waals surface area contributed by atoms with Gasteiger partial charge < -0.3 is 5.32 Å². The highest BCUT2D eigenvalue weighted by molar-refractivity contribution is 5.95. The van der Waals surface area contributed by atoms with Gasteiger partial charge in [-0.05, 0) is 71.2 Å². The van der Waals surface area contributed by atoms with Gasteiger partial charge in [0.25, 0.3) is 0 Å². The highest BCUT2D eigenvalue weighted by atomic mass is 16.2. The number of carbonyl (C=O) groups excluding carboxylic acids is 1. The molecule has 2 fully saturated rings. The lowest BCUT2D eigenvalue weighted by molar-refractivity contribution is 0.179. The molecule has 4 nitrogen and oxygen atoms in total. The summed E-state index contributed by atoms with van der Waals surface area (Å²) in [5.41, 5.74) is 5.34. The zero-order valence-electron chi connectivity index (χ0n) is 18.5. The fourth-order valence-corrected chi connectivity index (χ4v) is 5.37. The number of nitrogens with one attached hydrogen (secondary N) is 1. The fourth-order valence-electron chi connectivity index (χ4n) is 5.37. The van der Waals surface area contributed by atoms with Gasteiger partial charge in [-0.15, -0.1) is 0 Å². The molecule has 4 rings (SSSR count). The summed E-state index contributed by atoms with van der Waals surface area (Å²) < 4.78 is 0. The van der Waals surface area contributed by atoms with Crippen molar-refractivity contribution in [3.05, 3.63) is 41.0 Å². The Labute approximate surface area is 176 Å². The van der Waals surface area contributed by atoms with Gasteiger partial charge in [-0.2, -0.15) is 0 Å². The van der Waals surface area contributed by atoms with Crippen LogP contribution in [0.1, 0.15) is 69.9 Å². The minimum Gasteiger partial charge on any atom is -0.335 e. The Morgan fingerprint density at radius 3 is 2.59 bits per heavy atom. The first kappa shape index (κ1) is 20.5. The number of hydrogen-bond acceptors (Lipinski definition) is 2. The van der Waals surface area contributed by atoms with Crippen LogP contribution >= 0.6 is 0 Å². The molecule has 2 aliphatic heterocycles. The number of nitrogens with zero attached hydrogens (tertiary/aromatic N) is 2. The summed E-state index contributed by atoms with van der Waals surface area (Å²) in [5, 5.41) is 3.35. The van der Waals surface area contributed by atoms with Crippen LogP contribution in [0.2, 0.25) is 0 Å². The van der Waals surface area contributed by atoms with E-state index in [0.29, 0.717) is 6.04 Å². The third-order valence-electron chi connectivity index (χ3n) is 7.22. The van der Waals surface area contributed by atoms with Gasteiger partial charge in [0.1, 0.15) is 0 Å². The number of likely N-dealkylation sites (tertiary alicyclic amines) is 1. The van der Waals surface area contributed by atoms with E-state index in [4.69, 9.17) is 0 Å². The van der Waals surface area contributed by atoms with Crippen LogP contribution in [0.3, 0.4) is 0 Å². The number of carbonyl (C=O) groups is 1. The molecule has 0 radical (unpaired) electrons. The molecule has 3 aliphatic rings. The molecule has 2 heterocycles. The molecule has 2 amide bonds. The number of fused-ring (bicyclic) bond motifs is 2. The number of hydrogen-bond donors (Lipinski definition) is 1. The molecule has 1 aromatic rings. The lowest BCUT2D eigenvalue weighted by Crippen LogP contribution is -2.49. The summed E-state index contributed by atoms with van der Waals surface area (Å²) in [6.07, 6.45) is 10.6. The van der Waals surface area contributed by atoms with Gasteiger partial charge in [-0.1, -0.05) is 48.6 Å². The monoisotopic (exact) mass is 395 g/mol. The van der Waals surface area contributed by atoms with Gasteiger partial charge in [0.2, 0.25) is 0 Å². The van der Waals surface area contributed by atoms with E-state index in [2.05, 4.69) is 60.2 Å². The van der Waals surface area contributed by atoms with E-state index in [-0.39, 0.29) is 11.4 Å². The lowest BCUT2D eigenvalue weighted by Gasteiger charge is -2.39. The van der Waals surface area contributed by atoms with Gasteiger partial charge in [0.15, 0.2) is 0 Å². The van der Waals surface area contributed by atoms with Crippen molar-refractivity contribution < 1.29 is 4.79 Å². The Kier molecular flexibility index (Phi) is 6.00. The van der Waals surface area contributed by atoms with Crippen molar-refractivity contribution in [3.8, 4) is 0 Å². The van der Waals surface area contributed by atoms with E-state index in [0.717, 1.165) is 57.5 Å². The molecule has 29 heavy (non-hydrogen) atoms. The number of amides is 2. The quantitative estimate of drug-likeness (QED) is 0.718. The van der Waals surface area contributed by atoms with Crippen LogP contribution in [-0.4, -0.2) is 43.2 Å². The van der Waals surface area contributed by atoms with E-state index in [1.54, 1.807) is 0 Å². The van der Waals surface area contributed by atoms with Gasteiger partial charge in [-0.25, -0.2) is 4.79 Å². The molecular weight excluding hydrogens is 358 g/mol. The first-order valence-corrected chi connectivity index (χ1v) is 11.5. The van der Waals surface area contributed by atoms with Crippen molar-refractivity contribution in [2.24, 2.45) is 0 Å². The van der Waals surface area contributed by atoms with Crippen LogP contribution in [-0.2, 0) is 5.41 Å². The minimum atomic E-state index is 0.117. The second-order valence-electron chi connectivity index (χ2n) is 9.75. The largest absolute Gasteiger partial charge is 0.335 e. The average molecular weight is 396 g/mol. The zero-order chi connectivity index (χ0) is 20.4. The first-order chi connectivity index (χ1) is 14.0. The average Bonchev–Trinajstić information content (AvgIpc) is 3.02. The van der Waals surface area contributed by atoms with Crippen molar-refractivity contribution in [1.82, 2.24) is 10.2 Å². The van der Waals surface area contributed by atoms with Crippen LogP contribution < -0.4 is 10.2 Å². The Balaban J connectivity index is 1.51. The van der Waals surface area contributed by atoms with Crippen LogP contribution in [0, 0.1) is 6.92 Å². The van der Waals surface area contributed by atoms with Gasteiger partial charge in [-0.3, -0.25) is 9.80 Å². The molecule has 1 spiro atoms. The number of aryl methyl sites for hydroxylation is 1. The first-order valence-electron chi connectivity index (χ1n) is 11.5. The van der Waals surface area contributed by atoms with Crippen LogP contribution in [0.5, 0.6) is 0 Å². The maximum Gasteiger partial charge on any atom is 0.322 e. The van der Waals surface area contributed by atoms with Crippen LogP contribution in [0.4, 0.5) is 10.5 Å². The highest BCUT2D eigenvalue weighted by Gasteiger charge is 2.46. The minimum absolute atomic E-state index is 0.117. The Morgan fingerprint density at radius 2 is 1.90 bits per heavy atom. The number of benzene rings is 1. The molecule has 1 N–H and O–H groups in total. The van der Waals surface area contributed by atoms with Gasteiger partial charge >= 0.3 is 6.03 Å². The second kappa shape index (κ2) is 8.51. The molecule has 4 heteroatoms. The predicted octanol–water partition coefficient (Wildman–Crippen LogP) is 5.16. The summed E-state index contributed by atoms with van der Waals surface area (Å²) in [6, 6.07) is 7.14. The number of anilines is 1. The summed E-state index contributed by atoms with van der Waals surface area (Å²) >= 11 is 0. The molecule has 0 unspecified atom stereocenters. The van der Waals surface area contributed by atoms with Crippen molar-refractivity contribution >= 4 is 11.7 Å². The van der Waals surface area contributed by atoms with Crippen molar-refractivity contribution in [2.45, 2.75) is 77.2 Å². The maximum atomic E-state index is 13.2. The number of rotatable bonds is 3. The SMILES string of the molecule is CC(C)=CCN1CCC2(CC1)CN(C(=O)NC1CCCCC1)c1ccc(C)cc12. The molecule has 1 aromatic carbocycles. The summed E-state index contributed by atoms with van der Waals surface area (Å²) in [6.45, 7) is 10.6. The van der Waals surface area contributed by atoms with E-state index in [1.165, 1.54) is 36.0 Å². The van der Waals surface area contributed by atoms with Gasteiger partial charge in [0.05, 0.1) is 0 Å². The number of urea groups is 1. The molecular formula is C25H37N3O. The number of allylic oxidation sites excluding steroid dienone is 1. The van der Waals surface area contributed by atoms with Gasteiger partial charge in [0, 0.05) is 30.2 Å². The standard InChI is InChI=1S/C25H37N3O/c1-19(2)11-14-27-15-12-25(13-16-27)18-28(23-10-9-20(3)17-22(23)25)24(29)26-21-7-5-4-6-8-21/h9-11,17,21H,4-8,12-16,18H2,1-3H3,(H,26,29). The van der Waals surface area contributed by atoms with E-state index in [1.807, 2.05) is 0 Å². The molecule has 1 saturated heterocycles. The lowest BCUT2D eigenvalue weighted by atomic mass is 9.74. The normalized spacial score (nSPS) is 21.8. The number of piperidine rings is 1. The molecule has 1 saturated carbocycles. The summed E-state index contributed by atoms with van der Waals surface area (Å²) in [4.78, 5) is 17.8. The molecule has 0 aromatic heterocycles. The Bertz CT molecular complexity index is 766. The fraction of sp³-hybridized carbons (Fsp3) is 0.640. The van der Waals surface area contributed by atoms with E-state index < -0.39 is 0 Å².